The molecule has 0 fully saturated rings. The molecule has 1 aromatic carbocycles. The minimum absolute atomic E-state index is 0.306. The number of carbonyl (C=O) groups is 2. The van der Waals surface area contributed by atoms with Gasteiger partial charge < -0.3 is 10.2 Å². The number of rotatable bonds is 4. The fraction of sp³-hybridized carbons (Fsp3) is 0.250. The zero-order valence-corrected chi connectivity index (χ0v) is 9.17. The molecule has 0 radical (unpaired) electrons. The van der Waals surface area contributed by atoms with E-state index >= 15 is 0 Å². The summed E-state index contributed by atoms with van der Waals surface area (Å²) in [4.78, 5) is 21.9. The summed E-state index contributed by atoms with van der Waals surface area (Å²) in [6.45, 7) is 1.33. The largest absolute Gasteiger partial charge is 0.481 e. The van der Waals surface area contributed by atoms with Gasteiger partial charge in [0.05, 0.1) is 18.1 Å². The molecule has 0 saturated heterocycles. The molecule has 0 amide bonds. The third-order valence-corrected chi connectivity index (χ3v) is 2.61. The van der Waals surface area contributed by atoms with Gasteiger partial charge in [0.2, 0.25) is 0 Å². The maximum absolute atomic E-state index is 11.2. The van der Waals surface area contributed by atoms with E-state index in [9.17, 15) is 9.59 Å². The third kappa shape index (κ3) is 2.61. The summed E-state index contributed by atoms with van der Waals surface area (Å²) in [5, 5.41) is 26.6. The minimum Gasteiger partial charge on any atom is -0.481 e. The lowest BCUT2D eigenvalue weighted by molar-refractivity contribution is -0.149. The van der Waals surface area contributed by atoms with Gasteiger partial charge in [-0.1, -0.05) is 12.1 Å². The topological polar surface area (TPSA) is 98.4 Å². The molecule has 1 aromatic rings. The molecule has 2 N–H and O–H groups in total. The second kappa shape index (κ2) is 4.66. The zero-order chi connectivity index (χ0) is 13.1. The molecule has 0 heterocycles. The Morgan fingerprint density at radius 3 is 2.53 bits per heavy atom. The smallest absolute Gasteiger partial charge is 0.314 e. The Morgan fingerprint density at radius 2 is 2.06 bits per heavy atom. The quantitative estimate of drug-likeness (QED) is 0.818. The normalized spacial score (nSPS) is 13.4. The van der Waals surface area contributed by atoms with Crippen LogP contribution in [0.15, 0.2) is 24.3 Å². The molecule has 0 spiro atoms. The van der Waals surface area contributed by atoms with Crippen molar-refractivity contribution in [2.75, 3.05) is 0 Å². The zero-order valence-electron chi connectivity index (χ0n) is 9.17. The van der Waals surface area contributed by atoms with Crippen molar-refractivity contribution in [2.24, 2.45) is 0 Å². The second-order valence-corrected chi connectivity index (χ2v) is 3.90. The maximum Gasteiger partial charge on any atom is 0.314 e. The first-order valence-corrected chi connectivity index (χ1v) is 4.86. The van der Waals surface area contributed by atoms with Crippen LogP contribution in [0.3, 0.4) is 0 Å². The molecule has 0 bridgehead atoms. The molecule has 5 nitrogen and oxygen atoms in total. The highest BCUT2D eigenvalue weighted by atomic mass is 16.4. The van der Waals surface area contributed by atoms with E-state index in [1.54, 1.807) is 0 Å². The molecule has 88 valence electrons. The molecule has 0 aliphatic carbocycles. The Balaban J connectivity index is 3.27. The molecule has 1 rings (SSSR count). The number of benzene rings is 1. The highest BCUT2D eigenvalue weighted by molar-refractivity contribution is 5.86. The predicted molar refractivity (Wildman–Crippen MR) is 58.4 cm³/mol. The van der Waals surface area contributed by atoms with Crippen molar-refractivity contribution in [3.63, 3.8) is 0 Å². The Morgan fingerprint density at radius 1 is 1.41 bits per heavy atom. The summed E-state index contributed by atoms with van der Waals surface area (Å²) in [6, 6.07) is 7.88. The van der Waals surface area contributed by atoms with Crippen molar-refractivity contribution in [2.45, 2.75) is 18.8 Å². The van der Waals surface area contributed by atoms with E-state index in [-0.39, 0.29) is 0 Å². The van der Waals surface area contributed by atoms with Gasteiger partial charge in [-0.25, -0.2) is 0 Å². The van der Waals surface area contributed by atoms with E-state index in [4.69, 9.17) is 15.5 Å². The number of aliphatic carboxylic acids is 2. The maximum atomic E-state index is 11.2. The van der Waals surface area contributed by atoms with E-state index in [0.717, 1.165) is 0 Å². The summed E-state index contributed by atoms with van der Waals surface area (Å²) >= 11 is 0. The monoisotopic (exact) mass is 233 g/mol. The van der Waals surface area contributed by atoms with Crippen LogP contribution in [0.4, 0.5) is 0 Å². The number of hydrogen-bond donors (Lipinski definition) is 2. The summed E-state index contributed by atoms with van der Waals surface area (Å²) in [7, 11) is 0. The Labute approximate surface area is 97.9 Å². The number of carboxylic acids is 2. The Hall–Kier alpha value is -2.35. The van der Waals surface area contributed by atoms with Crippen LogP contribution in [0, 0.1) is 11.3 Å². The first-order chi connectivity index (χ1) is 7.90. The Kier molecular flexibility index (Phi) is 3.49. The number of hydrogen-bond acceptors (Lipinski definition) is 3. The SMILES string of the molecule is CC(CC(=O)O)(C(=O)O)c1cccc(C#N)c1. The first-order valence-electron chi connectivity index (χ1n) is 4.86. The van der Waals surface area contributed by atoms with Crippen molar-refractivity contribution in [3.05, 3.63) is 35.4 Å². The van der Waals surface area contributed by atoms with Crippen molar-refractivity contribution in [1.82, 2.24) is 0 Å². The minimum atomic E-state index is -1.53. The molecular weight excluding hydrogens is 222 g/mol. The van der Waals surface area contributed by atoms with Crippen LogP contribution >= 0.6 is 0 Å². The van der Waals surface area contributed by atoms with Crippen molar-refractivity contribution < 1.29 is 19.8 Å². The van der Waals surface area contributed by atoms with Crippen LogP contribution in [-0.4, -0.2) is 22.2 Å². The van der Waals surface area contributed by atoms with Gasteiger partial charge in [0.25, 0.3) is 0 Å². The summed E-state index contributed by atoms with van der Waals surface area (Å²) in [6.07, 6.45) is -0.531. The number of nitriles is 1. The van der Waals surface area contributed by atoms with Crippen LogP contribution in [0.1, 0.15) is 24.5 Å². The van der Waals surface area contributed by atoms with Gasteiger partial charge in [-0.2, -0.15) is 5.26 Å². The molecule has 0 aromatic heterocycles. The van der Waals surface area contributed by atoms with Crippen LogP contribution in [0.5, 0.6) is 0 Å². The fourth-order valence-electron chi connectivity index (χ4n) is 1.54. The van der Waals surface area contributed by atoms with Crippen LogP contribution < -0.4 is 0 Å². The van der Waals surface area contributed by atoms with E-state index in [0.29, 0.717) is 11.1 Å². The van der Waals surface area contributed by atoms with Gasteiger partial charge in [0, 0.05) is 0 Å². The van der Waals surface area contributed by atoms with E-state index in [2.05, 4.69) is 0 Å². The molecular formula is C12H11NO4. The number of carboxylic acid groups (broad SMARTS) is 2. The lowest BCUT2D eigenvalue weighted by atomic mass is 9.79. The van der Waals surface area contributed by atoms with Gasteiger partial charge >= 0.3 is 11.9 Å². The molecule has 0 aliphatic heterocycles. The Bertz CT molecular complexity index is 503. The molecule has 17 heavy (non-hydrogen) atoms. The molecule has 0 aliphatic rings. The first kappa shape index (κ1) is 12.7. The highest BCUT2D eigenvalue weighted by Gasteiger charge is 2.37. The van der Waals surface area contributed by atoms with Crippen molar-refractivity contribution in [1.29, 1.82) is 5.26 Å². The molecule has 0 saturated carbocycles. The van der Waals surface area contributed by atoms with E-state index in [1.807, 2.05) is 6.07 Å². The van der Waals surface area contributed by atoms with Gasteiger partial charge in [-0.15, -0.1) is 0 Å². The molecule has 5 heteroatoms. The predicted octanol–water partition coefficient (Wildman–Crippen LogP) is 1.38. The third-order valence-electron chi connectivity index (χ3n) is 2.61. The van der Waals surface area contributed by atoms with Gasteiger partial charge in [0.1, 0.15) is 5.41 Å². The van der Waals surface area contributed by atoms with Crippen LogP contribution in [-0.2, 0) is 15.0 Å². The van der Waals surface area contributed by atoms with Crippen molar-refractivity contribution in [3.8, 4) is 6.07 Å². The summed E-state index contributed by atoms with van der Waals surface area (Å²) in [5.74, 6) is -2.42. The number of nitrogens with zero attached hydrogens (tertiary/aromatic N) is 1. The standard InChI is InChI=1S/C12H11NO4/c1-12(11(16)17,6-10(14)15)9-4-2-3-8(5-9)7-13/h2-5H,6H2,1H3,(H,14,15)(H,16,17). The van der Waals surface area contributed by atoms with Crippen LogP contribution in [0.2, 0.25) is 0 Å². The summed E-state index contributed by atoms with van der Waals surface area (Å²) in [5.41, 5.74) is -0.912. The summed E-state index contributed by atoms with van der Waals surface area (Å²) < 4.78 is 0. The van der Waals surface area contributed by atoms with E-state index < -0.39 is 23.8 Å². The fourth-order valence-corrected chi connectivity index (χ4v) is 1.54. The molecule has 1 unspecified atom stereocenters. The lowest BCUT2D eigenvalue weighted by Gasteiger charge is -2.23. The average molecular weight is 233 g/mol. The van der Waals surface area contributed by atoms with Gasteiger partial charge in [0.15, 0.2) is 0 Å². The molecule has 1 atom stereocenters. The average Bonchev–Trinajstić information content (AvgIpc) is 2.28. The highest BCUT2D eigenvalue weighted by Crippen LogP contribution is 2.28. The van der Waals surface area contributed by atoms with Crippen LogP contribution in [0.25, 0.3) is 0 Å². The van der Waals surface area contributed by atoms with Crippen molar-refractivity contribution >= 4 is 11.9 Å². The van der Waals surface area contributed by atoms with Gasteiger partial charge in [-0.3, -0.25) is 9.59 Å². The van der Waals surface area contributed by atoms with E-state index in [1.165, 1.54) is 31.2 Å². The lowest BCUT2D eigenvalue weighted by Crippen LogP contribution is -2.35. The second-order valence-electron chi connectivity index (χ2n) is 3.90. The van der Waals surface area contributed by atoms with Gasteiger partial charge in [-0.05, 0) is 24.6 Å².